The lowest BCUT2D eigenvalue weighted by atomic mass is 10.1. The average molecular weight is 249 g/mol. The Morgan fingerprint density at radius 1 is 1.56 bits per heavy atom. The zero-order chi connectivity index (χ0) is 13.1. The zero-order valence-corrected chi connectivity index (χ0v) is 9.96. The van der Waals surface area contributed by atoms with E-state index < -0.39 is 6.09 Å². The maximum absolute atomic E-state index is 11.0. The number of terminal acetylenes is 1. The molecule has 0 aliphatic carbocycles. The van der Waals surface area contributed by atoms with Gasteiger partial charge in [-0.25, -0.2) is 4.79 Å². The molecule has 0 saturated carbocycles. The normalized spacial score (nSPS) is 14.1. The van der Waals surface area contributed by atoms with Crippen LogP contribution in [0.15, 0.2) is 0 Å². The SMILES string of the molecule is C#CCCn1nc2c(c1CO)CN(C(=O)O)CC2. The highest BCUT2D eigenvalue weighted by Gasteiger charge is 2.26. The van der Waals surface area contributed by atoms with E-state index in [0.717, 1.165) is 11.3 Å². The van der Waals surface area contributed by atoms with Crippen LogP contribution in [0.25, 0.3) is 0 Å². The van der Waals surface area contributed by atoms with Crippen molar-refractivity contribution in [3.63, 3.8) is 0 Å². The van der Waals surface area contributed by atoms with Crippen molar-refractivity contribution in [2.24, 2.45) is 0 Å². The molecular formula is C12H15N3O3. The third kappa shape index (κ3) is 2.17. The van der Waals surface area contributed by atoms with Gasteiger partial charge < -0.3 is 15.1 Å². The number of aliphatic hydroxyl groups is 1. The lowest BCUT2D eigenvalue weighted by Crippen LogP contribution is -2.34. The van der Waals surface area contributed by atoms with E-state index in [1.165, 1.54) is 4.90 Å². The van der Waals surface area contributed by atoms with E-state index in [4.69, 9.17) is 11.5 Å². The summed E-state index contributed by atoms with van der Waals surface area (Å²) >= 11 is 0. The standard InChI is InChI=1S/C12H15N3O3/c1-2-3-5-15-11(8-16)9-7-14(12(17)18)6-4-10(9)13-15/h1,16H,3-8H2,(H,17,18). The van der Waals surface area contributed by atoms with E-state index in [-0.39, 0.29) is 13.2 Å². The molecule has 2 heterocycles. The molecule has 0 spiro atoms. The maximum Gasteiger partial charge on any atom is 0.407 e. The second-order valence-corrected chi connectivity index (χ2v) is 4.16. The minimum atomic E-state index is -0.944. The van der Waals surface area contributed by atoms with Crippen molar-refractivity contribution in [1.82, 2.24) is 14.7 Å². The molecule has 6 heteroatoms. The van der Waals surface area contributed by atoms with Gasteiger partial charge in [-0.1, -0.05) is 0 Å². The largest absolute Gasteiger partial charge is 0.465 e. The summed E-state index contributed by atoms with van der Waals surface area (Å²) in [6.45, 7) is 1.13. The molecule has 2 N–H and O–H groups in total. The van der Waals surface area contributed by atoms with Gasteiger partial charge in [-0.15, -0.1) is 12.3 Å². The predicted octanol–water partition coefficient (Wildman–Crippen LogP) is 0.435. The molecule has 0 aromatic carbocycles. The third-order valence-corrected chi connectivity index (χ3v) is 3.11. The number of nitrogens with zero attached hydrogens (tertiary/aromatic N) is 3. The van der Waals surface area contributed by atoms with Crippen molar-refractivity contribution in [2.45, 2.75) is 32.5 Å². The molecule has 0 radical (unpaired) electrons. The lowest BCUT2D eigenvalue weighted by Gasteiger charge is -2.23. The molecule has 1 aromatic rings. The number of carboxylic acid groups (broad SMARTS) is 1. The van der Waals surface area contributed by atoms with Gasteiger partial charge in [-0.3, -0.25) is 4.68 Å². The van der Waals surface area contributed by atoms with Gasteiger partial charge in [-0.05, 0) is 0 Å². The highest BCUT2D eigenvalue weighted by molar-refractivity contribution is 5.65. The van der Waals surface area contributed by atoms with Gasteiger partial charge in [0.25, 0.3) is 0 Å². The van der Waals surface area contributed by atoms with E-state index in [1.807, 2.05) is 0 Å². The monoisotopic (exact) mass is 249 g/mol. The van der Waals surface area contributed by atoms with Crippen LogP contribution in [0.3, 0.4) is 0 Å². The summed E-state index contributed by atoms with van der Waals surface area (Å²) in [5.41, 5.74) is 2.36. The van der Waals surface area contributed by atoms with E-state index in [2.05, 4.69) is 11.0 Å². The molecule has 18 heavy (non-hydrogen) atoms. The maximum atomic E-state index is 11.0. The first kappa shape index (κ1) is 12.5. The molecule has 0 atom stereocenters. The molecule has 1 aliphatic heterocycles. The van der Waals surface area contributed by atoms with Crippen molar-refractivity contribution >= 4 is 6.09 Å². The van der Waals surface area contributed by atoms with Crippen molar-refractivity contribution in [3.05, 3.63) is 17.0 Å². The summed E-state index contributed by atoms with van der Waals surface area (Å²) in [5, 5.41) is 22.8. The van der Waals surface area contributed by atoms with Crippen molar-refractivity contribution < 1.29 is 15.0 Å². The topological polar surface area (TPSA) is 78.6 Å². The Bertz CT molecular complexity index is 501. The number of rotatable bonds is 3. The van der Waals surface area contributed by atoms with Gasteiger partial charge in [0.05, 0.1) is 31.1 Å². The molecule has 1 amide bonds. The Balaban J connectivity index is 2.29. The van der Waals surface area contributed by atoms with Gasteiger partial charge in [0, 0.05) is 24.9 Å². The molecule has 0 saturated heterocycles. The van der Waals surface area contributed by atoms with Gasteiger partial charge in [0.2, 0.25) is 0 Å². The molecule has 1 aromatic heterocycles. The Hall–Kier alpha value is -2.00. The third-order valence-electron chi connectivity index (χ3n) is 3.11. The first-order valence-corrected chi connectivity index (χ1v) is 5.77. The number of hydrogen-bond donors (Lipinski definition) is 2. The molecule has 6 nitrogen and oxygen atoms in total. The fraction of sp³-hybridized carbons (Fsp3) is 0.500. The Labute approximate surface area is 105 Å². The van der Waals surface area contributed by atoms with Crippen LogP contribution >= 0.6 is 0 Å². The highest BCUT2D eigenvalue weighted by atomic mass is 16.4. The molecule has 0 unspecified atom stereocenters. The molecule has 0 fully saturated rings. The van der Waals surface area contributed by atoms with Crippen LogP contribution in [-0.2, 0) is 26.1 Å². The first-order valence-electron chi connectivity index (χ1n) is 5.77. The van der Waals surface area contributed by atoms with Gasteiger partial charge in [0.15, 0.2) is 0 Å². The summed E-state index contributed by atoms with van der Waals surface area (Å²) < 4.78 is 1.69. The van der Waals surface area contributed by atoms with Crippen LogP contribution in [-0.4, -0.2) is 37.5 Å². The van der Waals surface area contributed by atoms with Crippen LogP contribution in [0.4, 0.5) is 4.79 Å². The highest BCUT2D eigenvalue weighted by Crippen LogP contribution is 2.22. The van der Waals surface area contributed by atoms with Crippen LogP contribution in [0.1, 0.15) is 23.4 Å². The number of aromatic nitrogens is 2. The predicted molar refractivity (Wildman–Crippen MR) is 63.7 cm³/mol. The second-order valence-electron chi connectivity index (χ2n) is 4.16. The number of hydrogen-bond acceptors (Lipinski definition) is 3. The van der Waals surface area contributed by atoms with E-state index in [9.17, 15) is 9.90 Å². The second kappa shape index (κ2) is 5.10. The Morgan fingerprint density at radius 2 is 2.33 bits per heavy atom. The Morgan fingerprint density at radius 3 is 2.94 bits per heavy atom. The summed E-state index contributed by atoms with van der Waals surface area (Å²) in [6, 6.07) is 0. The van der Waals surface area contributed by atoms with E-state index in [1.54, 1.807) is 4.68 Å². The molecule has 1 aliphatic rings. The lowest BCUT2D eigenvalue weighted by molar-refractivity contribution is 0.139. The summed E-state index contributed by atoms with van der Waals surface area (Å²) in [6.07, 6.45) is 5.39. The van der Waals surface area contributed by atoms with Gasteiger partial charge in [-0.2, -0.15) is 5.10 Å². The first-order chi connectivity index (χ1) is 8.67. The number of amides is 1. The average Bonchev–Trinajstić information content (AvgIpc) is 2.72. The molecule has 96 valence electrons. The fourth-order valence-electron chi connectivity index (χ4n) is 2.18. The quantitative estimate of drug-likeness (QED) is 0.762. The van der Waals surface area contributed by atoms with Gasteiger partial charge in [0.1, 0.15) is 0 Å². The number of fused-ring (bicyclic) bond motifs is 1. The van der Waals surface area contributed by atoms with E-state index >= 15 is 0 Å². The minimum Gasteiger partial charge on any atom is -0.465 e. The van der Waals surface area contributed by atoms with Crippen LogP contribution in [0.5, 0.6) is 0 Å². The minimum absolute atomic E-state index is 0.152. The Kier molecular flexibility index (Phi) is 3.53. The van der Waals surface area contributed by atoms with Crippen LogP contribution in [0.2, 0.25) is 0 Å². The van der Waals surface area contributed by atoms with Crippen LogP contribution < -0.4 is 0 Å². The fourth-order valence-corrected chi connectivity index (χ4v) is 2.18. The van der Waals surface area contributed by atoms with Crippen molar-refractivity contribution in [1.29, 1.82) is 0 Å². The van der Waals surface area contributed by atoms with Crippen molar-refractivity contribution in [3.8, 4) is 12.3 Å². The molecular weight excluding hydrogens is 234 g/mol. The molecule has 0 bridgehead atoms. The number of aryl methyl sites for hydroxylation is 1. The summed E-state index contributed by atoms with van der Waals surface area (Å²) in [4.78, 5) is 12.3. The molecule has 2 rings (SSSR count). The number of carbonyl (C=O) groups is 1. The van der Waals surface area contributed by atoms with Gasteiger partial charge >= 0.3 is 6.09 Å². The summed E-state index contributed by atoms with van der Waals surface area (Å²) in [5.74, 6) is 2.53. The zero-order valence-electron chi connectivity index (χ0n) is 9.96. The van der Waals surface area contributed by atoms with Crippen molar-refractivity contribution in [2.75, 3.05) is 6.54 Å². The smallest absolute Gasteiger partial charge is 0.407 e. The van der Waals surface area contributed by atoms with E-state index in [0.29, 0.717) is 31.6 Å². The summed E-state index contributed by atoms with van der Waals surface area (Å²) in [7, 11) is 0. The van der Waals surface area contributed by atoms with Crippen LogP contribution in [0, 0.1) is 12.3 Å². The number of aliphatic hydroxyl groups excluding tert-OH is 1.